The van der Waals surface area contributed by atoms with Gasteiger partial charge in [0.05, 0.1) is 39.9 Å². The summed E-state index contributed by atoms with van der Waals surface area (Å²) in [6.07, 6.45) is 84.4. The summed E-state index contributed by atoms with van der Waals surface area (Å²) in [5.41, 5.74) is 0. The lowest BCUT2D eigenvalue weighted by atomic mass is 10.0. The number of hydrogen-bond acceptors (Lipinski definition) is 6. The van der Waals surface area contributed by atoms with Crippen LogP contribution in [-0.4, -0.2) is 68.5 Å². The molecule has 0 saturated heterocycles. The summed E-state index contributed by atoms with van der Waals surface area (Å²) in [6.45, 7) is 4.57. The van der Waals surface area contributed by atoms with E-state index < -0.39 is 20.0 Å². The molecule has 0 aliphatic heterocycles. The Morgan fingerprint density at radius 2 is 0.772 bits per heavy atom. The molecule has 9 heteroatoms. The number of hydrogen-bond donors (Lipinski definition) is 2. The van der Waals surface area contributed by atoms with Gasteiger partial charge in [0.25, 0.3) is 7.82 Å². The van der Waals surface area contributed by atoms with Crippen LogP contribution in [0.5, 0.6) is 0 Å². The van der Waals surface area contributed by atoms with E-state index in [1.54, 1.807) is 6.08 Å². The number of aliphatic hydroxyl groups is 1. The molecule has 0 heterocycles. The lowest BCUT2D eigenvalue weighted by Gasteiger charge is -2.29. The Balaban J connectivity index is 4.09. The number of allylic oxidation sites excluding steroid dienone is 11. The van der Waals surface area contributed by atoms with Crippen molar-refractivity contribution in [2.24, 2.45) is 0 Å². The highest BCUT2D eigenvalue weighted by molar-refractivity contribution is 7.45. The molecule has 79 heavy (non-hydrogen) atoms. The number of carbonyl (C=O) groups excluding carboxylic acids is 1. The van der Waals surface area contributed by atoms with E-state index in [0.29, 0.717) is 17.4 Å². The molecule has 0 aromatic rings. The highest BCUT2D eigenvalue weighted by Crippen LogP contribution is 2.38. The van der Waals surface area contributed by atoms with Crippen molar-refractivity contribution < 1.29 is 32.9 Å². The average molecular weight is 1130 g/mol. The van der Waals surface area contributed by atoms with E-state index in [1.807, 2.05) is 27.2 Å². The number of nitrogens with one attached hydrogen (secondary N) is 1. The Kier molecular flexibility index (Phi) is 59.0. The van der Waals surface area contributed by atoms with Crippen LogP contribution in [0.15, 0.2) is 72.9 Å². The van der Waals surface area contributed by atoms with E-state index in [2.05, 4.69) is 79.9 Å². The Labute approximate surface area is 491 Å². The van der Waals surface area contributed by atoms with E-state index in [9.17, 15) is 19.4 Å². The minimum atomic E-state index is -4.61. The maximum absolute atomic E-state index is 13.0. The molecule has 0 radical (unpaired) electrons. The summed E-state index contributed by atoms with van der Waals surface area (Å²) in [6, 6.07) is -0.891. The molecule has 2 N–H and O–H groups in total. The minimum absolute atomic E-state index is 0.00197. The predicted octanol–water partition coefficient (Wildman–Crippen LogP) is 20.8. The van der Waals surface area contributed by atoms with Crippen molar-refractivity contribution in [1.82, 2.24) is 5.32 Å². The van der Waals surface area contributed by atoms with E-state index in [1.165, 1.54) is 225 Å². The van der Waals surface area contributed by atoms with Crippen molar-refractivity contribution >= 4 is 13.7 Å². The molecular formula is C70H131N2O6P. The molecule has 0 spiro atoms. The number of rotatable bonds is 62. The number of likely N-dealkylation sites (N-methyl/N-ethyl adjacent to an activating group) is 1. The molecule has 0 aromatic heterocycles. The number of amides is 1. The highest BCUT2D eigenvalue weighted by Gasteiger charge is 2.23. The third kappa shape index (κ3) is 63.4. The van der Waals surface area contributed by atoms with Crippen molar-refractivity contribution in [1.29, 1.82) is 0 Å². The fourth-order valence-corrected chi connectivity index (χ4v) is 10.7. The molecule has 0 fully saturated rings. The maximum Gasteiger partial charge on any atom is 0.268 e. The first-order valence-corrected chi connectivity index (χ1v) is 35.3. The topological polar surface area (TPSA) is 108 Å². The Morgan fingerprint density at radius 3 is 1.13 bits per heavy atom. The predicted molar refractivity (Wildman–Crippen MR) is 344 cm³/mol. The molecule has 0 aromatic carbocycles. The molecule has 8 nitrogen and oxygen atoms in total. The molecule has 3 atom stereocenters. The molecule has 462 valence electrons. The van der Waals surface area contributed by atoms with Crippen molar-refractivity contribution in [3.05, 3.63) is 72.9 Å². The number of aliphatic hydroxyl groups excluding tert-OH is 1. The Morgan fingerprint density at radius 1 is 0.456 bits per heavy atom. The van der Waals surface area contributed by atoms with Gasteiger partial charge in [0, 0.05) is 6.42 Å². The van der Waals surface area contributed by atoms with Crippen LogP contribution in [-0.2, 0) is 18.4 Å². The summed E-state index contributed by atoms with van der Waals surface area (Å²) in [5.74, 6) is -0.195. The number of unbranched alkanes of at least 4 members (excludes halogenated alkanes) is 39. The van der Waals surface area contributed by atoms with Gasteiger partial charge in [0.15, 0.2) is 0 Å². The van der Waals surface area contributed by atoms with Crippen LogP contribution < -0.4 is 10.2 Å². The lowest BCUT2D eigenvalue weighted by Crippen LogP contribution is -2.45. The van der Waals surface area contributed by atoms with Gasteiger partial charge in [-0.25, -0.2) is 0 Å². The maximum atomic E-state index is 13.0. The molecule has 1 amide bonds. The van der Waals surface area contributed by atoms with Crippen LogP contribution in [0.3, 0.4) is 0 Å². The fourth-order valence-electron chi connectivity index (χ4n) is 9.95. The average Bonchev–Trinajstić information content (AvgIpc) is 3.42. The van der Waals surface area contributed by atoms with Gasteiger partial charge < -0.3 is 28.8 Å². The van der Waals surface area contributed by atoms with Gasteiger partial charge in [0.2, 0.25) is 5.91 Å². The van der Waals surface area contributed by atoms with Gasteiger partial charge >= 0.3 is 0 Å². The number of nitrogens with zero attached hydrogens (tertiary/aromatic N) is 1. The monoisotopic (exact) mass is 1130 g/mol. The summed E-state index contributed by atoms with van der Waals surface area (Å²) < 4.78 is 23.5. The number of quaternary nitrogens is 1. The first-order valence-electron chi connectivity index (χ1n) is 33.8. The van der Waals surface area contributed by atoms with Crippen molar-refractivity contribution in [2.75, 3.05) is 40.9 Å². The molecule has 0 bridgehead atoms. The Hall–Kier alpha value is -2.06. The van der Waals surface area contributed by atoms with Gasteiger partial charge in [-0.05, 0) is 64.2 Å². The number of phosphoric acid groups is 1. The van der Waals surface area contributed by atoms with E-state index in [0.717, 1.165) is 70.6 Å². The van der Waals surface area contributed by atoms with Crippen LogP contribution in [0.2, 0.25) is 0 Å². The minimum Gasteiger partial charge on any atom is -0.756 e. The first-order chi connectivity index (χ1) is 38.5. The second-order valence-electron chi connectivity index (χ2n) is 24.2. The van der Waals surface area contributed by atoms with E-state index >= 15 is 0 Å². The van der Waals surface area contributed by atoms with Gasteiger partial charge in [-0.2, -0.15) is 0 Å². The molecule has 0 saturated carbocycles. The van der Waals surface area contributed by atoms with Crippen LogP contribution in [0, 0.1) is 0 Å². The van der Waals surface area contributed by atoms with Crippen LogP contribution in [0.1, 0.15) is 316 Å². The van der Waals surface area contributed by atoms with Gasteiger partial charge in [0.1, 0.15) is 13.2 Å². The summed E-state index contributed by atoms with van der Waals surface area (Å²) in [7, 11) is 1.27. The first kappa shape index (κ1) is 76.9. The smallest absolute Gasteiger partial charge is 0.268 e. The zero-order valence-corrected chi connectivity index (χ0v) is 53.7. The number of phosphoric ester groups is 1. The summed E-state index contributed by atoms with van der Waals surface area (Å²) in [4.78, 5) is 25.6. The summed E-state index contributed by atoms with van der Waals surface area (Å²) in [5, 5.41) is 14.0. The molecule has 3 unspecified atom stereocenters. The zero-order valence-electron chi connectivity index (χ0n) is 52.8. The van der Waals surface area contributed by atoms with Crippen LogP contribution in [0.4, 0.5) is 0 Å². The highest BCUT2D eigenvalue weighted by atomic mass is 31.2. The van der Waals surface area contributed by atoms with Gasteiger partial charge in [-0.3, -0.25) is 9.36 Å². The van der Waals surface area contributed by atoms with Gasteiger partial charge in [-0.1, -0.05) is 318 Å². The molecule has 0 aliphatic carbocycles. The SMILES string of the molecule is CC/C=C\C/C=C\C/C=C\C/C=C\C/C=C\CCCCCCCCCCCCCCCCCC(=O)NC(COP(=O)([O-])OCC[N+](C)(C)C)C(O)/C=C/CCCCCCCCCCCCCCCCCCCCCCCCCC. The van der Waals surface area contributed by atoms with E-state index in [4.69, 9.17) is 9.05 Å². The van der Waals surface area contributed by atoms with E-state index in [-0.39, 0.29) is 19.1 Å². The number of carbonyl (C=O) groups is 1. The second-order valence-corrected chi connectivity index (χ2v) is 25.6. The summed E-state index contributed by atoms with van der Waals surface area (Å²) >= 11 is 0. The zero-order chi connectivity index (χ0) is 57.7. The van der Waals surface area contributed by atoms with Crippen molar-refractivity contribution in [3.63, 3.8) is 0 Å². The van der Waals surface area contributed by atoms with Crippen molar-refractivity contribution in [3.8, 4) is 0 Å². The normalized spacial score (nSPS) is 14.2. The van der Waals surface area contributed by atoms with Crippen LogP contribution in [0.25, 0.3) is 0 Å². The largest absolute Gasteiger partial charge is 0.756 e. The molecule has 0 rings (SSSR count). The third-order valence-corrected chi connectivity index (χ3v) is 16.1. The van der Waals surface area contributed by atoms with Crippen LogP contribution >= 0.6 is 7.82 Å². The lowest BCUT2D eigenvalue weighted by molar-refractivity contribution is -0.870. The fraction of sp³-hybridized carbons (Fsp3) is 0.814. The Bertz CT molecular complexity index is 1520. The quantitative estimate of drug-likeness (QED) is 0.0272. The van der Waals surface area contributed by atoms with Crippen molar-refractivity contribution in [2.45, 2.75) is 328 Å². The molecule has 0 aliphatic rings. The van der Waals surface area contributed by atoms with Gasteiger partial charge in [-0.15, -0.1) is 0 Å². The molecular weight excluding hydrogens is 996 g/mol. The third-order valence-electron chi connectivity index (χ3n) is 15.2. The standard InChI is InChI=1S/C70H131N2O6P/c1-6-8-10-12-14-16-18-20-22-24-26-28-30-32-34-35-36-37-38-40-42-44-46-48-50-52-54-56-58-60-62-64-70(74)71-68(67-78-79(75,76)77-66-65-72(3,4)5)69(73)63-61-59-57-55-53-51-49-47-45-43-41-39-33-31-29-27-25-23-21-19-17-15-13-11-9-7-2/h8,10,14,16,20,22,26,28,32,34,61,63,68-69,73H,6-7,9,11-13,15,17-19,21,23-25,27,29-31,33,35-60,62,64-67H2,1-5H3,(H-,71,74,75,76)/b10-8-,16-14-,22-20-,28-26-,34-32-,63-61+. The second kappa shape index (κ2) is 60.5.